The largest absolute Gasteiger partial charge is 0.384 e. The van der Waals surface area contributed by atoms with Gasteiger partial charge in [-0.3, -0.25) is 10.1 Å². The molecule has 1 unspecified atom stereocenters. The maximum absolute atomic E-state index is 10.4. The van der Waals surface area contributed by atoms with E-state index in [-0.39, 0.29) is 5.69 Å². The van der Waals surface area contributed by atoms with Gasteiger partial charge >= 0.3 is 0 Å². The predicted molar refractivity (Wildman–Crippen MR) is 57.4 cm³/mol. The lowest BCUT2D eigenvalue weighted by Crippen LogP contribution is -1.94. The van der Waals surface area contributed by atoms with Crippen LogP contribution in [-0.2, 0) is 0 Å². The number of hydrogen-bond donors (Lipinski definition) is 1. The molecule has 0 aromatic heterocycles. The molecule has 0 heterocycles. The SMILES string of the molecule is C=C/C=C/C(O)c1ccc([N+](=O)[O-])cc1. The minimum absolute atomic E-state index is 0.0126. The molecule has 0 bridgehead atoms. The molecule has 0 fully saturated rings. The van der Waals surface area contributed by atoms with Crippen LogP contribution in [0.15, 0.2) is 49.1 Å². The summed E-state index contributed by atoms with van der Waals surface area (Å²) < 4.78 is 0. The van der Waals surface area contributed by atoms with E-state index in [1.165, 1.54) is 24.3 Å². The van der Waals surface area contributed by atoms with Gasteiger partial charge < -0.3 is 5.11 Å². The molecule has 78 valence electrons. The van der Waals surface area contributed by atoms with Crippen LogP contribution in [0.1, 0.15) is 11.7 Å². The number of aliphatic hydroxyl groups is 1. The molecule has 1 aromatic rings. The summed E-state index contributed by atoms with van der Waals surface area (Å²) in [6.07, 6.45) is 3.96. The fraction of sp³-hybridized carbons (Fsp3) is 0.0909. The molecule has 15 heavy (non-hydrogen) atoms. The zero-order valence-corrected chi connectivity index (χ0v) is 8.04. The molecule has 0 saturated carbocycles. The molecule has 4 nitrogen and oxygen atoms in total. The molecular weight excluding hydrogens is 194 g/mol. The van der Waals surface area contributed by atoms with E-state index in [0.717, 1.165) is 0 Å². The number of nitro groups is 1. The van der Waals surface area contributed by atoms with Crippen LogP contribution in [0.4, 0.5) is 5.69 Å². The number of nitrogens with zero attached hydrogens (tertiary/aromatic N) is 1. The van der Waals surface area contributed by atoms with Gasteiger partial charge in [0, 0.05) is 12.1 Å². The molecule has 1 N–H and O–H groups in total. The fourth-order valence-electron chi connectivity index (χ4n) is 1.09. The molecule has 1 atom stereocenters. The van der Waals surface area contributed by atoms with Gasteiger partial charge in [-0.1, -0.05) is 24.8 Å². The zero-order chi connectivity index (χ0) is 11.3. The summed E-state index contributed by atoms with van der Waals surface area (Å²) >= 11 is 0. The molecular formula is C11H11NO3. The number of hydrogen-bond acceptors (Lipinski definition) is 3. The second kappa shape index (κ2) is 5.07. The number of rotatable bonds is 4. The van der Waals surface area contributed by atoms with Crippen molar-refractivity contribution < 1.29 is 10.0 Å². The van der Waals surface area contributed by atoms with Crippen molar-refractivity contribution in [3.63, 3.8) is 0 Å². The Morgan fingerprint density at radius 2 is 2.00 bits per heavy atom. The molecule has 0 radical (unpaired) electrons. The minimum atomic E-state index is -0.760. The van der Waals surface area contributed by atoms with E-state index in [2.05, 4.69) is 6.58 Å². The van der Waals surface area contributed by atoms with Crippen LogP contribution in [0, 0.1) is 10.1 Å². The number of nitro benzene ring substituents is 1. The molecule has 1 aromatic carbocycles. The van der Waals surface area contributed by atoms with E-state index >= 15 is 0 Å². The third-order valence-electron chi connectivity index (χ3n) is 1.87. The van der Waals surface area contributed by atoms with Crippen LogP contribution >= 0.6 is 0 Å². The Morgan fingerprint density at radius 1 is 1.40 bits per heavy atom. The van der Waals surface area contributed by atoms with Crippen LogP contribution in [0.5, 0.6) is 0 Å². The molecule has 4 heteroatoms. The summed E-state index contributed by atoms with van der Waals surface area (Å²) in [7, 11) is 0. The average molecular weight is 205 g/mol. The maximum Gasteiger partial charge on any atom is 0.269 e. The van der Waals surface area contributed by atoms with Gasteiger partial charge in [0.05, 0.1) is 11.0 Å². The maximum atomic E-state index is 10.4. The Balaban J connectivity index is 2.83. The van der Waals surface area contributed by atoms with Crippen molar-refractivity contribution in [1.29, 1.82) is 0 Å². The van der Waals surface area contributed by atoms with Gasteiger partial charge in [-0.15, -0.1) is 0 Å². The van der Waals surface area contributed by atoms with Gasteiger partial charge in [0.2, 0.25) is 0 Å². The standard InChI is InChI=1S/C11H11NO3/c1-2-3-4-11(13)9-5-7-10(8-6-9)12(14)15/h2-8,11,13H,1H2/b4-3+. The van der Waals surface area contributed by atoms with E-state index in [1.807, 2.05) is 0 Å². The van der Waals surface area contributed by atoms with E-state index in [4.69, 9.17) is 0 Å². The van der Waals surface area contributed by atoms with Gasteiger partial charge in [-0.25, -0.2) is 0 Å². The smallest absolute Gasteiger partial charge is 0.269 e. The van der Waals surface area contributed by atoms with Crippen LogP contribution in [0.2, 0.25) is 0 Å². The summed E-state index contributed by atoms with van der Waals surface area (Å²) in [5, 5.41) is 19.9. The molecule has 1 rings (SSSR count). The van der Waals surface area contributed by atoms with Crippen molar-refractivity contribution in [3.8, 4) is 0 Å². The number of benzene rings is 1. The summed E-state index contributed by atoms with van der Waals surface area (Å²) in [5.74, 6) is 0. The van der Waals surface area contributed by atoms with Crippen LogP contribution in [-0.4, -0.2) is 10.0 Å². The first-order chi connectivity index (χ1) is 7.15. The first kappa shape index (κ1) is 11.1. The summed E-state index contributed by atoms with van der Waals surface area (Å²) in [6, 6.07) is 5.77. The lowest BCUT2D eigenvalue weighted by atomic mass is 10.1. The summed E-state index contributed by atoms with van der Waals surface area (Å²) in [5.41, 5.74) is 0.623. The fourth-order valence-corrected chi connectivity index (χ4v) is 1.09. The number of aliphatic hydroxyl groups excluding tert-OH is 1. The lowest BCUT2D eigenvalue weighted by molar-refractivity contribution is -0.384. The van der Waals surface area contributed by atoms with Gasteiger partial charge in [-0.2, -0.15) is 0 Å². The monoisotopic (exact) mass is 205 g/mol. The first-order valence-corrected chi connectivity index (χ1v) is 4.37. The highest BCUT2D eigenvalue weighted by atomic mass is 16.6. The van der Waals surface area contributed by atoms with E-state index in [0.29, 0.717) is 5.56 Å². The molecule has 0 amide bonds. The van der Waals surface area contributed by atoms with Gasteiger partial charge in [0.15, 0.2) is 0 Å². The van der Waals surface area contributed by atoms with Crippen molar-refractivity contribution >= 4 is 5.69 Å². The summed E-state index contributed by atoms with van der Waals surface area (Å²) in [6.45, 7) is 3.48. The normalized spacial score (nSPS) is 12.6. The molecule has 0 aliphatic carbocycles. The van der Waals surface area contributed by atoms with Gasteiger partial charge in [0.1, 0.15) is 0 Å². The Labute approximate surface area is 87.3 Å². The summed E-state index contributed by atoms with van der Waals surface area (Å²) in [4.78, 5) is 9.89. The van der Waals surface area contributed by atoms with Crippen molar-refractivity contribution in [3.05, 3.63) is 64.8 Å². The Bertz CT molecular complexity index is 381. The average Bonchev–Trinajstić information content (AvgIpc) is 2.26. The van der Waals surface area contributed by atoms with E-state index < -0.39 is 11.0 Å². The lowest BCUT2D eigenvalue weighted by Gasteiger charge is -2.04. The number of allylic oxidation sites excluding steroid dienone is 2. The van der Waals surface area contributed by atoms with Crippen LogP contribution < -0.4 is 0 Å². The zero-order valence-electron chi connectivity index (χ0n) is 8.04. The van der Waals surface area contributed by atoms with E-state index in [1.54, 1.807) is 18.2 Å². The predicted octanol–water partition coefficient (Wildman–Crippen LogP) is 2.37. The molecule has 0 aliphatic heterocycles. The topological polar surface area (TPSA) is 63.4 Å². The van der Waals surface area contributed by atoms with Crippen molar-refractivity contribution in [2.75, 3.05) is 0 Å². The number of non-ortho nitro benzene ring substituents is 1. The Hall–Kier alpha value is -1.94. The van der Waals surface area contributed by atoms with Crippen molar-refractivity contribution in [2.24, 2.45) is 0 Å². The molecule has 0 saturated heterocycles. The Morgan fingerprint density at radius 3 is 2.47 bits per heavy atom. The highest BCUT2D eigenvalue weighted by Crippen LogP contribution is 2.18. The highest BCUT2D eigenvalue weighted by molar-refractivity contribution is 5.34. The van der Waals surface area contributed by atoms with Crippen molar-refractivity contribution in [1.82, 2.24) is 0 Å². The molecule has 0 aliphatic rings. The Kier molecular flexibility index (Phi) is 3.76. The quantitative estimate of drug-likeness (QED) is 0.466. The first-order valence-electron chi connectivity index (χ1n) is 4.37. The highest BCUT2D eigenvalue weighted by Gasteiger charge is 2.07. The second-order valence-corrected chi connectivity index (χ2v) is 2.91. The third-order valence-corrected chi connectivity index (χ3v) is 1.87. The van der Waals surface area contributed by atoms with Gasteiger partial charge in [0.25, 0.3) is 5.69 Å². The van der Waals surface area contributed by atoms with E-state index in [9.17, 15) is 15.2 Å². The van der Waals surface area contributed by atoms with Crippen LogP contribution in [0.25, 0.3) is 0 Å². The van der Waals surface area contributed by atoms with Gasteiger partial charge in [-0.05, 0) is 17.7 Å². The van der Waals surface area contributed by atoms with Crippen molar-refractivity contribution in [2.45, 2.75) is 6.10 Å². The van der Waals surface area contributed by atoms with Crippen LogP contribution in [0.3, 0.4) is 0 Å². The molecule has 0 spiro atoms. The minimum Gasteiger partial charge on any atom is -0.384 e. The third kappa shape index (κ3) is 3.03. The second-order valence-electron chi connectivity index (χ2n) is 2.91.